The minimum atomic E-state index is -1.17. The van der Waals surface area contributed by atoms with Gasteiger partial charge in [-0.1, -0.05) is 30.3 Å². The summed E-state index contributed by atoms with van der Waals surface area (Å²) in [5.41, 5.74) is 6.24. The number of nitrogens with one attached hydrogen (secondary N) is 1. The maximum atomic E-state index is 12.4. The summed E-state index contributed by atoms with van der Waals surface area (Å²) < 4.78 is 4.87. The van der Waals surface area contributed by atoms with Crippen LogP contribution in [0.4, 0.5) is 5.13 Å². The van der Waals surface area contributed by atoms with Gasteiger partial charge in [0, 0.05) is 5.38 Å². The second-order valence-corrected chi connectivity index (χ2v) is 6.01. The molecule has 0 spiro atoms. The number of carbonyl (C=O) groups excluding carboxylic acids is 2. The first kappa shape index (κ1) is 20.1. The molecule has 2 aromatic rings. The van der Waals surface area contributed by atoms with Crippen LogP contribution >= 0.6 is 23.7 Å². The third-order valence-electron chi connectivity index (χ3n) is 3.25. The topological polar surface area (TPSA) is 94.3 Å². The van der Waals surface area contributed by atoms with E-state index < -0.39 is 5.54 Å². The van der Waals surface area contributed by atoms with E-state index in [4.69, 9.17) is 10.5 Å². The van der Waals surface area contributed by atoms with Crippen molar-refractivity contribution in [2.24, 2.45) is 5.73 Å². The average molecular weight is 370 g/mol. The molecular formula is C16H20ClN3O3S. The Bertz CT molecular complexity index is 689. The fourth-order valence-electron chi connectivity index (χ4n) is 1.95. The molecule has 1 unspecified atom stereocenters. The standard InChI is InChI=1S/C16H19N3O3S.ClH/c1-3-22-13(20)9-12-10-23-15(18-12)19-14(21)16(2,17)11-7-5-4-6-8-11;/h4-8,10H,3,9,17H2,1-2H3,(H,18,19,21);1H. The van der Waals surface area contributed by atoms with Crippen molar-refractivity contribution in [3.63, 3.8) is 0 Å². The van der Waals surface area contributed by atoms with E-state index in [1.165, 1.54) is 11.3 Å². The SMILES string of the molecule is CCOC(=O)Cc1csc(NC(=O)C(C)(N)c2ccccc2)n1.Cl. The van der Waals surface area contributed by atoms with Gasteiger partial charge in [-0.05, 0) is 19.4 Å². The number of nitrogens with zero attached hydrogens (tertiary/aromatic N) is 1. The number of anilines is 1. The number of benzene rings is 1. The van der Waals surface area contributed by atoms with Crippen molar-refractivity contribution < 1.29 is 14.3 Å². The molecule has 0 aliphatic carbocycles. The zero-order valence-electron chi connectivity index (χ0n) is 13.4. The van der Waals surface area contributed by atoms with E-state index in [0.29, 0.717) is 23.0 Å². The number of carbonyl (C=O) groups is 2. The van der Waals surface area contributed by atoms with Gasteiger partial charge in [0.15, 0.2) is 5.13 Å². The molecule has 8 heteroatoms. The lowest BCUT2D eigenvalue weighted by molar-refractivity contribution is -0.142. The van der Waals surface area contributed by atoms with Crippen LogP contribution < -0.4 is 11.1 Å². The van der Waals surface area contributed by atoms with E-state index in [1.54, 1.807) is 31.4 Å². The van der Waals surface area contributed by atoms with Crippen LogP contribution in [-0.2, 0) is 26.3 Å². The number of nitrogens with two attached hydrogens (primary N) is 1. The maximum Gasteiger partial charge on any atom is 0.311 e. The fourth-order valence-corrected chi connectivity index (χ4v) is 2.65. The van der Waals surface area contributed by atoms with Crippen molar-refractivity contribution in [1.29, 1.82) is 0 Å². The number of esters is 1. The van der Waals surface area contributed by atoms with Gasteiger partial charge in [-0.2, -0.15) is 0 Å². The van der Waals surface area contributed by atoms with Gasteiger partial charge < -0.3 is 15.8 Å². The third kappa shape index (κ3) is 5.02. The molecule has 6 nitrogen and oxygen atoms in total. The van der Waals surface area contributed by atoms with E-state index in [0.717, 1.165) is 0 Å². The Morgan fingerprint density at radius 1 is 1.33 bits per heavy atom. The molecule has 2 rings (SSSR count). The number of thiazole rings is 1. The van der Waals surface area contributed by atoms with Gasteiger partial charge in [-0.15, -0.1) is 23.7 Å². The van der Waals surface area contributed by atoms with Gasteiger partial charge in [0.25, 0.3) is 5.91 Å². The molecule has 130 valence electrons. The Morgan fingerprint density at radius 3 is 2.62 bits per heavy atom. The van der Waals surface area contributed by atoms with Crippen LogP contribution in [0.3, 0.4) is 0 Å². The summed E-state index contributed by atoms with van der Waals surface area (Å²) in [5.74, 6) is -0.704. The molecule has 1 atom stereocenters. The quantitative estimate of drug-likeness (QED) is 0.763. The smallest absolute Gasteiger partial charge is 0.311 e. The summed E-state index contributed by atoms with van der Waals surface area (Å²) in [6.45, 7) is 3.72. The highest BCUT2D eigenvalue weighted by Crippen LogP contribution is 2.22. The number of hydrogen-bond donors (Lipinski definition) is 2. The second-order valence-electron chi connectivity index (χ2n) is 5.15. The molecular weight excluding hydrogens is 350 g/mol. The number of hydrogen-bond acceptors (Lipinski definition) is 6. The monoisotopic (exact) mass is 369 g/mol. The number of ether oxygens (including phenoxy) is 1. The third-order valence-corrected chi connectivity index (χ3v) is 4.05. The molecule has 1 aromatic carbocycles. The van der Waals surface area contributed by atoms with Crippen LogP contribution in [0.5, 0.6) is 0 Å². The van der Waals surface area contributed by atoms with Crippen molar-refractivity contribution in [3.8, 4) is 0 Å². The Hall–Kier alpha value is -1.96. The van der Waals surface area contributed by atoms with Gasteiger partial charge >= 0.3 is 5.97 Å². The largest absolute Gasteiger partial charge is 0.466 e. The van der Waals surface area contributed by atoms with E-state index >= 15 is 0 Å². The number of rotatable bonds is 6. The first-order valence-electron chi connectivity index (χ1n) is 7.19. The highest BCUT2D eigenvalue weighted by Gasteiger charge is 2.31. The maximum absolute atomic E-state index is 12.4. The normalized spacial score (nSPS) is 12.6. The molecule has 1 heterocycles. The van der Waals surface area contributed by atoms with E-state index in [1.807, 2.05) is 18.2 Å². The molecule has 0 aliphatic rings. The average Bonchev–Trinajstić information content (AvgIpc) is 2.95. The fraction of sp³-hybridized carbons (Fsp3) is 0.312. The van der Waals surface area contributed by atoms with Crippen LogP contribution in [0.1, 0.15) is 25.1 Å². The van der Waals surface area contributed by atoms with E-state index in [9.17, 15) is 9.59 Å². The molecule has 0 saturated carbocycles. The zero-order chi connectivity index (χ0) is 16.9. The first-order valence-corrected chi connectivity index (χ1v) is 8.07. The molecule has 3 N–H and O–H groups in total. The van der Waals surface area contributed by atoms with Crippen LogP contribution in [0, 0.1) is 0 Å². The predicted molar refractivity (Wildman–Crippen MR) is 96.3 cm³/mol. The number of aromatic nitrogens is 1. The van der Waals surface area contributed by atoms with Crippen LogP contribution in [0.25, 0.3) is 0 Å². The van der Waals surface area contributed by atoms with E-state index in [2.05, 4.69) is 10.3 Å². The minimum absolute atomic E-state index is 0. The van der Waals surface area contributed by atoms with E-state index in [-0.39, 0.29) is 30.7 Å². The van der Waals surface area contributed by atoms with Crippen LogP contribution in [0.2, 0.25) is 0 Å². The summed E-state index contributed by atoms with van der Waals surface area (Å²) in [6, 6.07) is 9.12. The summed E-state index contributed by atoms with van der Waals surface area (Å²) in [7, 11) is 0. The Morgan fingerprint density at radius 2 is 2.00 bits per heavy atom. The highest BCUT2D eigenvalue weighted by molar-refractivity contribution is 7.13. The lowest BCUT2D eigenvalue weighted by Gasteiger charge is -2.23. The summed E-state index contributed by atoms with van der Waals surface area (Å²) in [6.07, 6.45) is 0.0821. The van der Waals surface area contributed by atoms with Gasteiger partial charge in [0.2, 0.25) is 0 Å². The van der Waals surface area contributed by atoms with Gasteiger partial charge in [0.05, 0.1) is 18.7 Å². The van der Waals surface area contributed by atoms with Crippen molar-refractivity contribution >= 4 is 40.8 Å². The van der Waals surface area contributed by atoms with Crippen LogP contribution in [-0.4, -0.2) is 23.5 Å². The second kappa shape index (κ2) is 8.77. The molecule has 0 fully saturated rings. The van der Waals surface area contributed by atoms with Gasteiger partial charge in [-0.3, -0.25) is 9.59 Å². The van der Waals surface area contributed by atoms with Crippen LogP contribution in [0.15, 0.2) is 35.7 Å². The Labute approximate surface area is 150 Å². The lowest BCUT2D eigenvalue weighted by Crippen LogP contribution is -2.45. The Kier molecular flexibility index (Phi) is 7.34. The van der Waals surface area contributed by atoms with Crippen molar-refractivity contribution in [2.75, 3.05) is 11.9 Å². The molecule has 24 heavy (non-hydrogen) atoms. The molecule has 0 saturated heterocycles. The number of amides is 1. The van der Waals surface area contributed by atoms with Gasteiger partial charge in [-0.25, -0.2) is 4.98 Å². The van der Waals surface area contributed by atoms with Crippen molar-refractivity contribution in [1.82, 2.24) is 4.98 Å². The van der Waals surface area contributed by atoms with Crippen molar-refractivity contribution in [2.45, 2.75) is 25.8 Å². The zero-order valence-corrected chi connectivity index (χ0v) is 15.1. The first-order chi connectivity index (χ1) is 10.9. The molecule has 0 aliphatic heterocycles. The van der Waals surface area contributed by atoms with Gasteiger partial charge in [0.1, 0.15) is 5.54 Å². The molecule has 1 aromatic heterocycles. The summed E-state index contributed by atoms with van der Waals surface area (Å²) >= 11 is 1.24. The highest BCUT2D eigenvalue weighted by atomic mass is 35.5. The molecule has 0 radical (unpaired) electrons. The lowest BCUT2D eigenvalue weighted by atomic mass is 9.92. The molecule has 0 bridgehead atoms. The summed E-state index contributed by atoms with van der Waals surface area (Å²) in [4.78, 5) is 28.0. The molecule has 1 amide bonds. The number of halogens is 1. The minimum Gasteiger partial charge on any atom is -0.466 e. The summed E-state index contributed by atoms with van der Waals surface area (Å²) in [5, 5.41) is 4.81. The Balaban J connectivity index is 0.00000288. The van der Waals surface area contributed by atoms with Crippen molar-refractivity contribution in [3.05, 3.63) is 47.0 Å². The predicted octanol–water partition coefficient (Wildman–Crippen LogP) is 2.48.